The van der Waals surface area contributed by atoms with Gasteiger partial charge in [0.2, 0.25) is 0 Å². The van der Waals surface area contributed by atoms with Crippen molar-refractivity contribution < 1.29 is 0 Å². The van der Waals surface area contributed by atoms with Gasteiger partial charge in [-0.1, -0.05) is 133 Å². The fourth-order valence-corrected chi connectivity index (χ4v) is 13.3. The molecule has 2 nitrogen and oxygen atoms in total. The SMILES string of the molecule is Clc1cc(N(c2ccc(-c3ccccc3)cc2)c2ccc(-c3ccc4c(c3)c3ccccc3n4-c3ccccc3)cc2)cc2c1-c1ccccc1C21C2CC3CC(C2)CC1C3. The molecule has 3 heteroatoms. The molecule has 0 amide bonds. The van der Waals surface area contributed by atoms with Crippen LogP contribution >= 0.6 is 11.6 Å². The third-order valence-corrected chi connectivity index (χ3v) is 15.5. The predicted molar refractivity (Wildman–Crippen MR) is 255 cm³/mol. The van der Waals surface area contributed by atoms with Crippen molar-refractivity contribution in [3.05, 3.63) is 204 Å². The zero-order valence-corrected chi connectivity index (χ0v) is 34.8. The number of fused-ring (bicyclic) bond motifs is 6. The largest absolute Gasteiger partial charge is 0.310 e. The molecular formula is C58H45ClN2. The normalized spacial score (nSPS) is 21.9. The molecule has 4 fully saturated rings. The Bertz CT molecular complexity index is 3120. The summed E-state index contributed by atoms with van der Waals surface area (Å²) in [6.07, 6.45) is 6.80. The third-order valence-electron chi connectivity index (χ3n) is 15.2. The zero-order chi connectivity index (χ0) is 40.2. The van der Waals surface area contributed by atoms with E-state index in [-0.39, 0.29) is 5.41 Å². The van der Waals surface area contributed by atoms with Crippen molar-refractivity contribution in [1.29, 1.82) is 0 Å². The first-order valence-corrected chi connectivity index (χ1v) is 22.6. The number of rotatable bonds is 6. The van der Waals surface area contributed by atoms with Crippen molar-refractivity contribution in [3.63, 3.8) is 0 Å². The van der Waals surface area contributed by atoms with Crippen molar-refractivity contribution in [1.82, 2.24) is 4.57 Å². The van der Waals surface area contributed by atoms with Crippen LogP contribution in [0.15, 0.2) is 188 Å². The molecule has 294 valence electrons. The second-order valence-electron chi connectivity index (χ2n) is 18.3. The number of aromatic nitrogens is 1. The van der Waals surface area contributed by atoms with Crippen molar-refractivity contribution in [2.24, 2.45) is 23.7 Å². The average molecular weight is 805 g/mol. The first-order chi connectivity index (χ1) is 30.1. The highest BCUT2D eigenvalue weighted by atomic mass is 35.5. The predicted octanol–water partition coefficient (Wildman–Crippen LogP) is 16.0. The number of halogens is 1. The van der Waals surface area contributed by atoms with Gasteiger partial charge in [-0.05, 0) is 161 Å². The molecule has 9 aromatic rings. The van der Waals surface area contributed by atoms with E-state index in [1.54, 1.807) is 0 Å². The van der Waals surface area contributed by atoms with Crippen LogP contribution in [0.2, 0.25) is 5.02 Å². The van der Waals surface area contributed by atoms with Crippen LogP contribution in [0.5, 0.6) is 0 Å². The van der Waals surface area contributed by atoms with Gasteiger partial charge in [-0.2, -0.15) is 0 Å². The van der Waals surface area contributed by atoms with Crippen LogP contribution in [0.1, 0.15) is 43.2 Å². The van der Waals surface area contributed by atoms with E-state index < -0.39 is 0 Å². The molecular weight excluding hydrogens is 760 g/mol. The molecule has 0 unspecified atom stereocenters. The molecule has 61 heavy (non-hydrogen) atoms. The van der Waals surface area contributed by atoms with Gasteiger partial charge in [0.25, 0.3) is 0 Å². The van der Waals surface area contributed by atoms with E-state index in [2.05, 4.69) is 198 Å². The Labute approximate surface area is 362 Å². The number of nitrogens with zero attached hydrogens (tertiary/aromatic N) is 2. The molecule has 1 heterocycles. The molecule has 14 rings (SSSR count). The lowest BCUT2D eigenvalue weighted by Crippen LogP contribution is -2.55. The van der Waals surface area contributed by atoms with Gasteiger partial charge in [-0.25, -0.2) is 0 Å². The van der Waals surface area contributed by atoms with Crippen LogP contribution in [0.4, 0.5) is 17.1 Å². The Morgan fingerprint density at radius 3 is 1.70 bits per heavy atom. The molecule has 0 N–H and O–H groups in total. The quantitative estimate of drug-likeness (QED) is 0.163. The summed E-state index contributed by atoms with van der Waals surface area (Å²) in [5, 5.41) is 3.38. The highest BCUT2D eigenvalue weighted by Gasteiger charge is 2.62. The van der Waals surface area contributed by atoms with E-state index >= 15 is 0 Å². The first kappa shape index (κ1) is 35.4. The summed E-state index contributed by atoms with van der Waals surface area (Å²) in [6, 6.07) is 69.4. The molecule has 1 aromatic heterocycles. The lowest BCUT2D eigenvalue weighted by Gasteiger charge is -2.61. The van der Waals surface area contributed by atoms with E-state index in [1.165, 1.54) is 104 Å². The van der Waals surface area contributed by atoms with Crippen LogP contribution in [0, 0.1) is 23.7 Å². The number of para-hydroxylation sites is 2. The van der Waals surface area contributed by atoms with E-state index in [0.717, 1.165) is 33.9 Å². The second kappa shape index (κ2) is 13.6. The minimum atomic E-state index is 0.0218. The lowest BCUT2D eigenvalue weighted by molar-refractivity contribution is -0.0399. The molecule has 0 saturated heterocycles. The Morgan fingerprint density at radius 2 is 1.00 bits per heavy atom. The van der Waals surface area contributed by atoms with E-state index in [9.17, 15) is 0 Å². The zero-order valence-electron chi connectivity index (χ0n) is 34.0. The highest BCUT2D eigenvalue weighted by Crippen LogP contribution is 2.70. The van der Waals surface area contributed by atoms with Crippen LogP contribution in [-0.2, 0) is 5.41 Å². The molecule has 0 aliphatic heterocycles. The molecule has 0 atom stereocenters. The minimum absolute atomic E-state index is 0.0218. The van der Waals surface area contributed by atoms with Crippen molar-refractivity contribution in [2.45, 2.75) is 37.5 Å². The fraction of sp³-hybridized carbons (Fsp3) is 0.172. The van der Waals surface area contributed by atoms with Gasteiger partial charge in [0.05, 0.1) is 16.1 Å². The van der Waals surface area contributed by atoms with Crippen LogP contribution in [0.3, 0.4) is 0 Å². The average Bonchev–Trinajstić information content (AvgIpc) is 3.80. The van der Waals surface area contributed by atoms with Gasteiger partial charge >= 0.3 is 0 Å². The van der Waals surface area contributed by atoms with Crippen molar-refractivity contribution in [3.8, 4) is 39.1 Å². The summed E-state index contributed by atoms with van der Waals surface area (Å²) in [7, 11) is 0. The number of hydrogen-bond acceptors (Lipinski definition) is 1. The lowest BCUT2D eigenvalue weighted by atomic mass is 9.43. The van der Waals surface area contributed by atoms with Gasteiger partial charge in [0.15, 0.2) is 0 Å². The topological polar surface area (TPSA) is 8.17 Å². The maximum absolute atomic E-state index is 7.63. The molecule has 1 spiro atoms. The third kappa shape index (κ3) is 5.28. The Morgan fingerprint density at radius 1 is 0.443 bits per heavy atom. The molecule has 5 aliphatic carbocycles. The molecule has 5 aliphatic rings. The second-order valence-corrected chi connectivity index (χ2v) is 18.7. The summed E-state index contributed by atoms with van der Waals surface area (Å²) < 4.78 is 2.38. The number of anilines is 3. The van der Waals surface area contributed by atoms with E-state index in [4.69, 9.17) is 11.6 Å². The van der Waals surface area contributed by atoms with Crippen LogP contribution in [-0.4, -0.2) is 4.57 Å². The molecule has 0 radical (unpaired) electrons. The number of benzene rings is 8. The highest BCUT2D eigenvalue weighted by molar-refractivity contribution is 6.34. The smallest absolute Gasteiger partial charge is 0.0541 e. The van der Waals surface area contributed by atoms with Crippen molar-refractivity contribution >= 4 is 50.5 Å². The monoisotopic (exact) mass is 804 g/mol. The Hall–Kier alpha value is -6.35. The Balaban J connectivity index is 0.949. The summed E-state index contributed by atoms with van der Waals surface area (Å²) in [5.41, 5.74) is 17.4. The molecule has 4 bridgehead atoms. The maximum Gasteiger partial charge on any atom is 0.0541 e. The van der Waals surface area contributed by atoms with Gasteiger partial charge in [-0.3, -0.25) is 0 Å². The summed E-state index contributed by atoms with van der Waals surface area (Å²) in [5.74, 6) is 3.08. The van der Waals surface area contributed by atoms with Gasteiger partial charge in [0.1, 0.15) is 0 Å². The molecule has 4 saturated carbocycles. The minimum Gasteiger partial charge on any atom is -0.310 e. The van der Waals surface area contributed by atoms with Gasteiger partial charge < -0.3 is 9.47 Å². The standard InChI is InChI=1S/C58H45ClN2/c59-54-36-48(35-53-57(54)50-16-7-9-17-52(50)58(53)43-30-37-29-38(32-43)33-44(58)31-37)60(46-24-19-40(20-25-46)39-11-3-1-4-12-39)47-26-21-41(22-27-47)42-23-28-56-51(34-42)49-15-8-10-18-55(49)61(56)45-13-5-2-6-14-45/h1-28,34-38,43-44H,29-33H2. The van der Waals surface area contributed by atoms with E-state index in [0.29, 0.717) is 11.8 Å². The number of hydrogen-bond donors (Lipinski definition) is 0. The fourth-order valence-electron chi connectivity index (χ4n) is 13.0. The van der Waals surface area contributed by atoms with Gasteiger partial charge in [-0.15, -0.1) is 0 Å². The maximum atomic E-state index is 7.63. The summed E-state index contributed by atoms with van der Waals surface area (Å²) >= 11 is 7.63. The first-order valence-electron chi connectivity index (χ1n) is 22.2. The summed E-state index contributed by atoms with van der Waals surface area (Å²) in [4.78, 5) is 2.44. The van der Waals surface area contributed by atoms with Gasteiger partial charge in [0, 0.05) is 44.5 Å². The van der Waals surface area contributed by atoms with Crippen molar-refractivity contribution in [2.75, 3.05) is 4.90 Å². The van der Waals surface area contributed by atoms with Crippen LogP contribution < -0.4 is 4.90 Å². The Kier molecular flexibility index (Phi) is 7.88. The molecule has 8 aromatic carbocycles. The van der Waals surface area contributed by atoms with Crippen LogP contribution in [0.25, 0.3) is 60.9 Å². The summed E-state index contributed by atoms with van der Waals surface area (Å²) in [6.45, 7) is 0. The van der Waals surface area contributed by atoms with E-state index in [1.807, 2.05) is 0 Å².